The van der Waals surface area contributed by atoms with Crippen LogP contribution in [0.1, 0.15) is 41.1 Å². The van der Waals surface area contributed by atoms with Crippen LogP contribution in [0.3, 0.4) is 0 Å². The fourth-order valence-electron chi connectivity index (χ4n) is 2.22. The van der Waals surface area contributed by atoms with E-state index in [1.807, 2.05) is 26.8 Å². The first-order chi connectivity index (χ1) is 9.90. The molecule has 0 amide bonds. The second-order valence-corrected chi connectivity index (χ2v) is 5.21. The molecule has 0 spiro atoms. The SMILES string of the molecule is Cc1ccc(C(C)NCc2c(C)noc2C)cc1[N+](=O)[O-]. The summed E-state index contributed by atoms with van der Waals surface area (Å²) in [7, 11) is 0. The summed E-state index contributed by atoms with van der Waals surface area (Å²) in [4.78, 5) is 10.6. The van der Waals surface area contributed by atoms with Crippen molar-refractivity contribution < 1.29 is 9.45 Å². The van der Waals surface area contributed by atoms with Crippen molar-refractivity contribution in [1.29, 1.82) is 0 Å². The van der Waals surface area contributed by atoms with Crippen LogP contribution >= 0.6 is 0 Å². The summed E-state index contributed by atoms with van der Waals surface area (Å²) in [6, 6.07) is 5.31. The Morgan fingerprint density at radius 2 is 2.10 bits per heavy atom. The zero-order valence-corrected chi connectivity index (χ0v) is 12.6. The molecule has 2 aromatic rings. The van der Waals surface area contributed by atoms with E-state index in [9.17, 15) is 10.1 Å². The molecule has 1 aromatic carbocycles. The molecule has 0 saturated carbocycles. The normalized spacial score (nSPS) is 12.4. The Balaban J connectivity index is 2.12. The molecule has 0 aliphatic rings. The standard InChI is InChI=1S/C15H19N3O3/c1-9-5-6-13(7-15(9)18(19)20)10(2)16-8-14-11(3)17-21-12(14)4/h5-7,10,16H,8H2,1-4H3. The fraction of sp³-hybridized carbons (Fsp3) is 0.400. The molecule has 1 unspecified atom stereocenters. The van der Waals surface area contributed by atoms with E-state index >= 15 is 0 Å². The highest BCUT2D eigenvalue weighted by molar-refractivity contribution is 5.43. The van der Waals surface area contributed by atoms with Gasteiger partial charge in [-0.3, -0.25) is 10.1 Å². The lowest BCUT2D eigenvalue weighted by Crippen LogP contribution is -2.19. The molecule has 0 bridgehead atoms. The second-order valence-electron chi connectivity index (χ2n) is 5.21. The zero-order valence-electron chi connectivity index (χ0n) is 12.6. The molecule has 1 heterocycles. The number of nitro benzene ring substituents is 1. The van der Waals surface area contributed by atoms with Crippen molar-refractivity contribution in [1.82, 2.24) is 10.5 Å². The van der Waals surface area contributed by atoms with E-state index < -0.39 is 0 Å². The number of nitrogens with zero attached hydrogens (tertiary/aromatic N) is 2. The van der Waals surface area contributed by atoms with Crippen molar-refractivity contribution in [3.05, 3.63) is 56.5 Å². The number of nitro groups is 1. The van der Waals surface area contributed by atoms with Gasteiger partial charge >= 0.3 is 0 Å². The first kappa shape index (κ1) is 15.2. The highest BCUT2D eigenvalue weighted by Gasteiger charge is 2.15. The number of nitrogens with one attached hydrogen (secondary N) is 1. The molecule has 2 rings (SSSR count). The van der Waals surface area contributed by atoms with Crippen molar-refractivity contribution in [2.24, 2.45) is 0 Å². The van der Waals surface area contributed by atoms with Crippen LogP contribution in [0.4, 0.5) is 5.69 Å². The number of hydrogen-bond donors (Lipinski definition) is 1. The number of benzene rings is 1. The van der Waals surface area contributed by atoms with Crippen molar-refractivity contribution in [3.8, 4) is 0 Å². The van der Waals surface area contributed by atoms with Gasteiger partial charge < -0.3 is 9.84 Å². The van der Waals surface area contributed by atoms with Gasteiger partial charge in [0.05, 0.1) is 10.6 Å². The molecule has 0 fully saturated rings. The van der Waals surface area contributed by atoms with Crippen molar-refractivity contribution in [3.63, 3.8) is 0 Å². The minimum absolute atomic E-state index is 0.00185. The lowest BCUT2D eigenvalue weighted by molar-refractivity contribution is -0.385. The molecular formula is C15H19N3O3. The van der Waals surface area contributed by atoms with Crippen LogP contribution < -0.4 is 5.32 Å². The predicted octanol–water partition coefficient (Wildman–Crippen LogP) is 3.36. The molecule has 0 aliphatic carbocycles. The third-order valence-corrected chi connectivity index (χ3v) is 3.70. The van der Waals surface area contributed by atoms with E-state index in [4.69, 9.17) is 4.52 Å². The zero-order chi connectivity index (χ0) is 15.6. The molecule has 1 atom stereocenters. The van der Waals surface area contributed by atoms with E-state index in [1.165, 1.54) is 0 Å². The highest BCUT2D eigenvalue weighted by atomic mass is 16.6. The van der Waals surface area contributed by atoms with E-state index in [0.717, 1.165) is 22.6 Å². The van der Waals surface area contributed by atoms with Crippen LogP contribution in [-0.2, 0) is 6.54 Å². The van der Waals surface area contributed by atoms with Crippen LogP contribution in [0.2, 0.25) is 0 Å². The fourth-order valence-corrected chi connectivity index (χ4v) is 2.22. The van der Waals surface area contributed by atoms with Gasteiger partial charge in [-0.05, 0) is 33.3 Å². The van der Waals surface area contributed by atoms with Gasteiger partial charge in [-0.1, -0.05) is 17.3 Å². The maximum absolute atomic E-state index is 11.0. The summed E-state index contributed by atoms with van der Waals surface area (Å²) in [6.45, 7) is 8.10. The van der Waals surface area contributed by atoms with Gasteiger partial charge in [0.25, 0.3) is 5.69 Å². The maximum atomic E-state index is 11.0. The predicted molar refractivity (Wildman–Crippen MR) is 79.1 cm³/mol. The van der Waals surface area contributed by atoms with Crippen LogP contribution in [0, 0.1) is 30.9 Å². The molecule has 6 nitrogen and oxygen atoms in total. The Morgan fingerprint density at radius 3 is 2.67 bits per heavy atom. The largest absolute Gasteiger partial charge is 0.361 e. The summed E-state index contributed by atoms with van der Waals surface area (Å²) >= 11 is 0. The topological polar surface area (TPSA) is 81.2 Å². The quantitative estimate of drug-likeness (QED) is 0.674. The van der Waals surface area contributed by atoms with E-state index in [1.54, 1.807) is 19.1 Å². The number of rotatable bonds is 5. The Hall–Kier alpha value is -2.21. The minimum Gasteiger partial charge on any atom is -0.361 e. The molecule has 112 valence electrons. The number of hydrogen-bond acceptors (Lipinski definition) is 5. The molecule has 1 N–H and O–H groups in total. The summed E-state index contributed by atoms with van der Waals surface area (Å²) in [5, 5.41) is 18.3. The average Bonchev–Trinajstić information content (AvgIpc) is 2.75. The van der Waals surface area contributed by atoms with Crippen LogP contribution in [-0.4, -0.2) is 10.1 Å². The number of aromatic nitrogens is 1. The summed E-state index contributed by atoms with van der Waals surface area (Å²) in [6.07, 6.45) is 0. The van der Waals surface area contributed by atoms with Crippen molar-refractivity contribution in [2.45, 2.75) is 40.3 Å². The Kier molecular flexibility index (Phi) is 4.37. The Labute approximate surface area is 123 Å². The van der Waals surface area contributed by atoms with Crippen LogP contribution in [0.5, 0.6) is 0 Å². The van der Waals surface area contributed by atoms with Gasteiger partial charge in [-0.15, -0.1) is 0 Å². The summed E-state index contributed by atoms with van der Waals surface area (Å²) in [5.74, 6) is 0.794. The first-order valence-corrected chi connectivity index (χ1v) is 6.80. The van der Waals surface area contributed by atoms with Crippen LogP contribution in [0.15, 0.2) is 22.7 Å². The Morgan fingerprint density at radius 1 is 1.38 bits per heavy atom. The monoisotopic (exact) mass is 289 g/mol. The van der Waals surface area contributed by atoms with Gasteiger partial charge in [-0.2, -0.15) is 0 Å². The summed E-state index contributed by atoms with van der Waals surface area (Å²) < 4.78 is 5.12. The van der Waals surface area contributed by atoms with Gasteiger partial charge in [0.2, 0.25) is 0 Å². The summed E-state index contributed by atoms with van der Waals surface area (Å²) in [5.41, 5.74) is 3.60. The molecule has 21 heavy (non-hydrogen) atoms. The molecular weight excluding hydrogens is 270 g/mol. The van der Waals surface area contributed by atoms with E-state index in [-0.39, 0.29) is 16.7 Å². The molecule has 1 aromatic heterocycles. The lowest BCUT2D eigenvalue weighted by Gasteiger charge is -2.14. The highest BCUT2D eigenvalue weighted by Crippen LogP contribution is 2.23. The third-order valence-electron chi connectivity index (χ3n) is 3.70. The van der Waals surface area contributed by atoms with Gasteiger partial charge in [-0.25, -0.2) is 0 Å². The Bertz CT molecular complexity index is 645. The van der Waals surface area contributed by atoms with Crippen LogP contribution in [0.25, 0.3) is 0 Å². The van der Waals surface area contributed by atoms with E-state index in [2.05, 4.69) is 10.5 Å². The van der Waals surface area contributed by atoms with Gasteiger partial charge in [0.1, 0.15) is 5.76 Å². The first-order valence-electron chi connectivity index (χ1n) is 6.80. The van der Waals surface area contributed by atoms with Crippen molar-refractivity contribution >= 4 is 5.69 Å². The number of aryl methyl sites for hydroxylation is 3. The molecule has 6 heteroatoms. The maximum Gasteiger partial charge on any atom is 0.272 e. The van der Waals surface area contributed by atoms with Gasteiger partial charge in [0, 0.05) is 29.8 Å². The molecule has 0 aliphatic heterocycles. The lowest BCUT2D eigenvalue weighted by atomic mass is 10.0. The smallest absolute Gasteiger partial charge is 0.272 e. The average molecular weight is 289 g/mol. The van der Waals surface area contributed by atoms with E-state index in [0.29, 0.717) is 12.1 Å². The van der Waals surface area contributed by atoms with Crippen molar-refractivity contribution in [2.75, 3.05) is 0 Å². The minimum atomic E-state index is -0.347. The molecule has 0 radical (unpaired) electrons. The molecule has 0 saturated heterocycles. The second kappa shape index (κ2) is 6.05. The van der Waals surface area contributed by atoms with Gasteiger partial charge in [0.15, 0.2) is 0 Å². The third kappa shape index (κ3) is 3.28.